The first-order valence-corrected chi connectivity index (χ1v) is 12.0. The molecule has 1 N–H and O–H groups in total. The molecule has 174 valence electrons. The van der Waals surface area contributed by atoms with E-state index in [1.54, 1.807) is 48.7 Å². The summed E-state index contributed by atoms with van der Waals surface area (Å²) in [5.41, 5.74) is 1.41. The third-order valence-corrected chi connectivity index (χ3v) is 6.50. The van der Waals surface area contributed by atoms with Crippen molar-refractivity contribution in [3.63, 3.8) is 0 Å². The van der Waals surface area contributed by atoms with Gasteiger partial charge in [0, 0.05) is 10.8 Å². The van der Waals surface area contributed by atoms with Gasteiger partial charge in [-0.2, -0.15) is 9.78 Å². The van der Waals surface area contributed by atoms with Gasteiger partial charge in [-0.25, -0.2) is 4.79 Å². The van der Waals surface area contributed by atoms with E-state index in [-0.39, 0.29) is 28.3 Å². The van der Waals surface area contributed by atoms with Gasteiger partial charge in [-0.1, -0.05) is 49.7 Å². The molecular weight excluding hydrogens is 474 g/mol. The van der Waals surface area contributed by atoms with Gasteiger partial charge < -0.3 is 10.1 Å². The van der Waals surface area contributed by atoms with E-state index in [1.165, 1.54) is 0 Å². The van der Waals surface area contributed by atoms with E-state index in [2.05, 4.69) is 24.3 Å². The molecule has 0 aliphatic heterocycles. The largest absolute Gasteiger partial charge is 0.461 e. The van der Waals surface area contributed by atoms with E-state index in [1.807, 2.05) is 12.1 Å². The van der Waals surface area contributed by atoms with Crippen LogP contribution in [0.3, 0.4) is 0 Å². The lowest BCUT2D eigenvalue weighted by atomic mass is 10.0. The molecule has 9 heteroatoms. The summed E-state index contributed by atoms with van der Waals surface area (Å²) >= 11 is 7.29. The Morgan fingerprint density at radius 1 is 1.15 bits per heavy atom. The summed E-state index contributed by atoms with van der Waals surface area (Å²) in [6.07, 6.45) is 0. The number of rotatable bonds is 6. The number of halogens is 1. The number of nitrogens with one attached hydrogen (secondary N) is 1. The van der Waals surface area contributed by atoms with Crippen LogP contribution in [0.25, 0.3) is 16.5 Å². The van der Waals surface area contributed by atoms with E-state index < -0.39 is 17.4 Å². The summed E-state index contributed by atoms with van der Waals surface area (Å²) in [4.78, 5) is 39.1. The zero-order chi connectivity index (χ0) is 24.4. The Bertz CT molecular complexity index is 1440. The Labute approximate surface area is 204 Å². The van der Waals surface area contributed by atoms with Crippen molar-refractivity contribution in [2.75, 3.05) is 11.9 Å². The number of amides is 1. The van der Waals surface area contributed by atoms with E-state index >= 15 is 0 Å². The predicted molar refractivity (Wildman–Crippen MR) is 135 cm³/mol. The minimum Gasteiger partial charge on any atom is -0.461 e. The second-order valence-corrected chi connectivity index (χ2v) is 9.11. The molecule has 0 unspecified atom stereocenters. The molecule has 0 radical (unpaired) electrons. The maximum absolute atomic E-state index is 13.5. The quantitative estimate of drug-likeness (QED) is 0.349. The molecule has 7 nitrogen and oxygen atoms in total. The van der Waals surface area contributed by atoms with Gasteiger partial charge in [0.1, 0.15) is 5.00 Å². The molecule has 0 saturated carbocycles. The van der Waals surface area contributed by atoms with E-state index in [0.29, 0.717) is 22.0 Å². The summed E-state index contributed by atoms with van der Waals surface area (Å²) in [6.45, 7) is 6.00. The molecule has 2 heterocycles. The first-order chi connectivity index (χ1) is 16.3. The molecule has 0 atom stereocenters. The van der Waals surface area contributed by atoms with Crippen molar-refractivity contribution < 1.29 is 14.3 Å². The minimum absolute atomic E-state index is 0.00104. The maximum Gasteiger partial charge on any atom is 0.359 e. The van der Waals surface area contributed by atoms with E-state index in [9.17, 15) is 14.4 Å². The first kappa shape index (κ1) is 23.7. The smallest absolute Gasteiger partial charge is 0.359 e. The molecule has 0 spiro atoms. The second-order valence-electron chi connectivity index (χ2n) is 7.82. The number of aromatic nitrogens is 2. The van der Waals surface area contributed by atoms with Crippen LogP contribution in [-0.4, -0.2) is 28.3 Å². The van der Waals surface area contributed by atoms with Gasteiger partial charge in [0.15, 0.2) is 5.69 Å². The zero-order valence-electron chi connectivity index (χ0n) is 18.8. The number of benzene rings is 2. The third-order valence-electron chi connectivity index (χ3n) is 5.27. The van der Waals surface area contributed by atoms with Crippen molar-refractivity contribution in [1.29, 1.82) is 0 Å². The standard InChI is InChI=1S/C25H22ClN3O4S/c1-4-33-25(32)21-18-13-34-23(27-22(30)17-7-5-6-8-19(17)26)20(18)24(31)29(28-21)16-11-9-15(10-12-16)14(2)3/h5-14H,4H2,1-3H3,(H,27,30). The SMILES string of the molecule is CCOC(=O)c1nn(-c2ccc(C(C)C)cc2)c(=O)c2c(NC(=O)c3ccccc3Cl)scc12. The fraction of sp³-hybridized carbons (Fsp3) is 0.200. The number of carbonyl (C=O) groups is 2. The Morgan fingerprint density at radius 2 is 1.85 bits per heavy atom. The molecule has 1 amide bonds. The van der Waals surface area contributed by atoms with Crippen molar-refractivity contribution in [2.45, 2.75) is 26.7 Å². The highest BCUT2D eigenvalue weighted by Crippen LogP contribution is 2.31. The van der Waals surface area contributed by atoms with Gasteiger partial charge in [-0.05, 0) is 42.7 Å². The topological polar surface area (TPSA) is 90.3 Å². The highest BCUT2D eigenvalue weighted by molar-refractivity contribution is 7.16. The van der Waals surface area contributed by atoms with Crippen LogP contribution in [0.4, 0.5) is 5.00 Å². The Hall–Kier alpha value is -3.49. The lowest BCUT2D eigenvalue weighted by molar-refractivity contribution is 0.0520. The number of carbonyl (C=O) groups excluding carboxylic acids is 2. The van der Waals surface area contributed by atoms with Crippen LogP contribution in [0.15, 0.2) is 58.7 Å². The molecule has 0 aliphatic rings. The molecule has 2 aromatic carbocycles. The molecule has 0 bridgehead atoms. The molecular formula is C25H22ClN3O4S. The first-order valence-electron chi connectivity index (χ1n) is 10.7. The third kappa shape index (κ3) is 4.47. The highest BCUT2D eigenvalue weighted by atomic mass is 35.5. The molecule has 4 aromatic rings. The maximum atomic E-state index is 13.5. The van der Waals surface area contributed by atoms with Gasteiger partial charge in [0.2, 0.25) is 0 Å². The van der Waals surface area contributed by atoms with Crippen LogP contribution in [-0.2, 0) is 4.74 Å². The number of thiophene rings is 1. The normalized spacial score (nSPS) is 11.1. The Kier molecular flexibility index (Phi) is 6.81. The number of fused-ring (bicyclic) bond motifs is 1. The lowest BCUT2D eigenvalue weighted by Gasteiger charge is -2.11. The monoisotopic (exact) mass is 495 g/mol. The number of hydrogen-bond acceptors (Lipinski definition) is 6. The van der Waals surface area contributed by atoms with Gasteiger partial charge in [0.25, 0.3) is 11.5 Å². The number of nitrogens with zero attached hydrogens (tertiary/aromatic N) is 2. The summed E-state index contributed by atoms with van der Waals surface area (Å²) < 4.78 is 6.34. The molecule has 4 rings (SSSR count). The van der Waals surface area contributed by atoms with Crippen LogP contribution in [0.1, 0.15) is 53.1 Å². The van der Waals surface area contributed by atoms with Gasteiger partial charge in [0.05, 0.1) is 28.3 Å². The van der Waals surface area contributed by atoms with Gasteiger partial charge in [-0.3, -0.25) is 9.59 Å². The number of esters is 1. The minimum atomic E-state index is -0.651. The Morgan fingerprint density at radius 3 is 2.50 bits per heavy atom. The summed E-state index contributed by atoms with van der Waals surface area (Å²) in [7, 11) is 0. The van der Waals surface area contributed by atoms with E-state index in [4.69, 9.17) is 16.3 Å². The zero-order valence-corrected chi connectivity index (χ0v) is 20.4. The summed E-state index contributed by atoms with van der Waals surface area (Å²) in [5, 5.41) is 9.79. The van der Waals surface area contributed by atoms with Crippen molar-refractivity contribution in [2.24, 2.45) is 0 Å². The molecule has 0 fully saturated rings. The number of hydrogen-bond donors (Lipinski definition) is 1. The van der Waals surface area contributed by atoms with Crippen LogP contribution < -0.4 is 10.9 Å². The average molecular weight is 496 g/mol. The fourth-order valence-electron chi connectivity index (χ4n) is 3.48. The predicted octanol–water partition coefficient (Wildman–Crippen LogP) is 5.65. The number of anilines is 1. The lowest BCUT2D eigenvalue weighted by Crippen LogP contribution is -2.25. The molecule has 34 heavy (non-hydrogen) atoms. The average Bonchev–Trinajstić information content (AvgIpc) is 3.24. The number of ether oxygens (including phenoxy) is 1. The van der Waals surface area contributed by atoms with Crippen molar-refractivity contribution in [3.8, 4) is 5.69 Å². The van der Waals surface area contributed by atoms with Crippen LogP contribution in [0.5, 0.6) is 0 Å². The molecule has 0 aliphatic carbocycles. The highest BCUT2D eigenvalue weighted by Gasteiger charge is 2.23. The van der Waals surface area contributed by atoms with Crippen LogP contribution in [0.2, 0.25) is 5.02 Å². The second kappa shape index (κ2) is 9.79. The van der Waals surface area contributed by atoms with Crippen LogP contribution in [0, 0.1) is 0 Å². The molecule has 2 aromatic heterocycles. The Balaban J connectivity index is 1.87. The van der Waals surface area contributed by atoms with Gasteiger partial charge >= 0.3 is 5.97 Å². The fourth-order valence-corrected chi connectivity index (χ4v) is 4.64. The van der Waals surface area contributed by atoms with Crippen LogP contribution >= 0.6 is 22.9 Å². The van der Waals surface area contributed by atoms with Crippen molar-refractivity contribution in [3.05, 3.63) is 86.1 Å². The van der Waals surface area contributed by atoms with Crippen molar-refractivity contribution in [1.82, 2.24) is 9.78 Å². The van der Waals surface area contributed by atoms with Crippen molar-refractivity contribution >= 4 is 50.6 Å². The summed E-state index contributed by atoms with van der Waals surface area (Å²) in [5.74, 6) is -0.794. The summed E-state index contributed by atoms with van der Waals surface area (Å²) in [6, 6.07) is 14.0. The van der Waals surface area contributed by atoms with Gasteiger partial charge in [-0.15, -0.1) is 11.3 Å². The molecule has 0 saturated heterocycles. The van der Waals surface area contributed by atoms with E-state index in [0.717, 1.165) is 21.6 Å².